The first-order chi connectivity index (χ1) is 6.65. The zero-order valence-corrected chi connectivity index (χ0v) is 7.46. The lowest BCUT2D eigenvalue weighted by Gasteiger charge is -2.10. The molecule has 0 saturated carbocycles. The minimum Gasteiger partial charge on any atom is -0.508 e. The summed E-state index contributed by atoms with van der Waals surface area (Å²) in [6.45, 7) is 0. The van der Waals surface area contributed by atoms with Crippen LogP contribution in [0.3, 0.4) is 0 Å². The highest BCUT2D eigenvalue weighted by Gasteiger charge is 2.22. The highest BCUT2D eigenvalue weighted by Crippen LogP contribution is 2.26. The second-order valence-electron chi connectivity index (χ2n) is 3.40. The molecule has 1 fully saturated rings. The number of aromatic hydroxyl groups is 1. The van der Waals surface area contributed by atoms with Gasteiger partial charge in [0.05, 0.1) is 6.04 Å². The first-order valence-electron chi connectivity index (χ1n) is 4.44. The van der Waals surface area contributed by atoms with Gasteiger partial charge in [-0.25, -0.2) is 4.39 Å². The number of carbonyl (C=O) groups excluding carboxylic acids is 1. The summed E-state index contributed by atoms with van der Waals surface area (Å²) in [5.74, 6) is -0.624. The molecule has 1 aromatic rings. The summed E-state index contributed by atoms with van der Waals surface area (Å²) < 4.78 is 12.9. The second kappa shape index (κ2) is 3.29. The Labute approximate surface area is 80.6 Å². The summed E-state index contributed by atoms with van der Waals surface area (Å²) in [5.41, 5.74) is 0.619. The molecular weight excluding hydrogens is 185 g/mol. The molecule has 2 N–H and O–H groups in total. The summed E-state index contributed by atoms with van der Waals surface area (Å²) in [6, 6.07) is 3.68. The predicted molar refractivity (Wildman–Crippen MR) is 48.2 cm³/mol. The van der Waals surface area contributed by atoms with Crippen LogP contribution in [0.25, 0.3) is 0 Å². The number of amides is 1. The molecule has 1 saturated heterocycles. The number of halogens is 1. The van der Waals surface area contributed by atoms with Gasteiger partial charge in [-0.05, 0) is 24.1 Å². The Balaban J connectivity index is 2.27. The normalized spacial score (nSPS) is 20.9. The van der Waals surface area contributed by atoms with Gasteiger partial charge in [-0.2, -0.15) is 0 Å². The van der Waals surface area contributed by atoms with Crippen LogP contribution in [0.5, 0.6) is 5.75 Å². The zero-order valence-electron chi connectivity index (χ0n) is 7.46. The average molecular weight is 195 g/mol. The highest BCUT2D eigenvalue weighted by molar-refractivity contribution is 5.78. The highest BCUT2D eigenvalue weighted by atomic mass is 19.1. The van der Waals surface area contributed by atoms with Gasteiger partial charge < -0.3 is 10.4 Å². The van der Waals surface area contributed by atoms with Crippen molar-refractivity contribution in [2.24, 2.45) is 0 Å². The van der Waals surface area contributed by atoms with Gasteiger partial charge >= 0.3 is 0 Å². The monoisotopic (exact) mass is 195 g/mol. The molecule has 2 rings (SSSR count). The van der Waals surface area contributed by atoms with Gasteiger partial charge in [0, 0.05) is 12.5 Å². The fraction of sp³-hybridized carbons (Fsp3) is 0.300. The fourth-order valence-electron chi connectivity index (χ4n) is 1.66. The third kappa shape index (κ3) is 1.69. The lowest BCUT2D eigenvalue weighted by molar-refractivity contribution is -0.119. The largest absolute Gasteiger partial charge is 0.508 e. The van der Waals surface area contributed by atoms with Crippen LogP contribution in [-0.4, -0.2) is 11.0 Å². The topological polar surface area (TPSA) is 49.3 Å². The third-order valence-electron chi connectivity index (χ3n) is 2.30. The molecule has 4 heteroatoms. The van der Waals surface area contributed by atoms with Crippen molar-refractivity contribution in [3.05, 3.63) is 29.6 Å². The van der Waals surface area contributed by atoms with Crippen molar-refractivity contribution >= 4 is 5.91 Å². The maximum atomic E-state index is 12.9. The van der Waals surface area contributed by atoms with E-state index in [2.05, 4.69) is 5.32 Å². The van der Waals surface area contributed by atoms with E-state index < -0.39 is 5.82 Å². The Morgan fingerprint density at radius 1 is 1.43 bits per heavy atom. The van der Waals surface area contributed by atoms with Crippen molar-refractivity contribution in [2.45, 2.75) is 18.9 Å². The predicted octanol–water partition coefficient (Wildman–Crippen LogP) is 1.48. The van der Waals surface area contributed by atoms with E-state index in [1.807, 2.05) is 0 Å². The second-order valence-corrected chi connectivity index (χ2v) is 3.40. The molecule has 1 aliphatic rings. The van der Waals surface area contributed by atoms with Gasteiger partial charge in [0.1, 0.15) is 11.6 Å². The molecule has 74 valence electrons. The zero-order chi connectivity index (χ0) is 10.1. The Bertz CT molecular complexity index is 358. The number of hydrogen-bond donors (Lipinski definition) is 2. The minimum absolute atomic E-state index is 0.0289. The van der Waals surface area contributed by atoms with Crippen LogP contribution < -0.4 is 5.32 Å². The SMILES string of the molecule is O=C1CC[C@H](c2cc(O)cc(F)c2)N1. The number of nitrogens with one attached hydrogen (secondary N) is 1. The van der Waals surface area contributed by atoms with Crippen LogP contribution in [-0.2, 0) is 4.79 Å². The van der Waals surface area contributed by atoms with E-state index in [9.17, 15) is 9.18 Å². The molecule has 0 radical (unpaired) electrons. The standard InChI is InChI=1S/C10H10FNO2/c11-7-3-6(4-8(13)5-7)9-1-2-10(14)12-9/h3-5,9,13H,1-2H2,(H,12,14)/t9-/m1/s1. The Kier molecular flexibility index (Phi) is 2.11. The quantitative estimate of drug-likeness (QED) is 0.713. The van der Waals surface area contributed by atoms with Gasteiger partial charge in [0.2, 0.25) is 5.91 Å². The smallest absolute Gasteiger partial charge is 0.220 e. The number of rotatable bonds is 1. The Hall–Kier alpha value is -1.58. The van der Waals surface area contributed by atoms with Gasteiger partial charge in [0.15, 0.2) is 0 Å². The number of phenolic OH excluding ortho intramolecular Hbond substituents is 1. The number of carbonyl (C=O) groups is 1. The van der Waals surface area contributed by atoms with Crippen LogP contribution in [0.2, 0.25) is 0 Å². The van der Waals surface area contributed by atoms with E-state index in [4.69, 9.17) is 5.11 Å². The summed E-state index contributed by atoms with van der Waals surface area (Å²) >= 11 is 0. The van der Waals surface area contributed by atoms with Crippen molar-refractivity contribution in [3.63, 3.8) is 0 Å². The van der Waals surface area contributed by atoms with Crippen LogP contribution in [0.4, 0.5) is 4.39 Å². The fourth-order valence-corrected chi connectivity index (χ4v) is 1.66. The van der Waals surface area contributed by atoms with Crippen LogP contribution in [0.15, 0.2) is 18.2 Å². The molecule has 1 heterocycles. The van der Waals surface area contributed by atoms with Crippen molar-refractivity contribution < 1.29 is 14.3 Å². The molecule has 1 aromatic carbocycles. The summed E-state index contributed by atoms with van der Waals surface area (Å²) in [7, 11) is 0. The van der Waals surface area contributed by atoms with Crippen molar-refractivity contribution in [2.75, 3.05) is 0 Å². The number of benzene rings is 1. The average Bonchev–Trinajstić information content (AvgIpc) is 2.50. The molecule has 0 unspecified atom stereocenters. The van der Waals surface area contributed by atoms with Gasteiger partial charge in [-0.3, -0.25) is 4.79 Å². The van der Waals surface area contributed by atoms with Gasteiger partial charge in [-0.15, -0.1) is 0 Å². The van der Waals surface area contributed by atoms with Crippen LogP contribution in [0, 0.1) is 5.82 Å². The van der Waals surface area contributed by atoms with Crippen molar-refractivity contribution in [1.29, 1.82) is 0 Å². The number of phenols is 1. The molecular formula is C10H10FNO2. The van der Waals surface area contributed by atoms with Crippen LogP contribution >= 0.6 is 0 Å². The third-order valence-corrected chi connectivity index (χ3v) is 2.30. The van der Waals surface area contributed by atoms with E-state index in [1.54, 1.807) is 0 Å². The molecule has 0 spiro atoms. The molecule has 3 nitrogen and oxygen atoms in total. The van der Waals surface area contributed by atoms with E-state index in [1.165, 1.54) is 12.1 Å². The van der Waals surface area contributed by atoms with E-state index in [-0.39, 0.29) is 17.7 Å². The van der Waals surface area contributed by atoms with E-state index in [0.29, 0.717) is 18.4 Å². The van der Waals surface area contributed by atoms with Crippen molar-refractivity contribution in [3.8, 4) is 5.75 Å². The molecule has 1 amide bonds. The molecule has 0 aromatic heterocycles. The molecule has 1 aliphatic heterocycles. The minimum atomic E-state index is -0.485. The summed E-state index contributed by atoms with van der Waals surface area (Å²) in [6.07, 6.45) is 1.11. The summed E-state index contributed by atoms with van der Waals surface area (Å²) in [5, 5.41) is 11.9. The lowest BCUT2D eigenvalue weighted by atomic mass is 10.1. The Morgan fingerprint density at radius 3 is 2.79 bits per heavy atom. The molecule has 1 atom stereocenters. The first kappa shape index (κ1) is 8.99. The van der Waals surface area contributed by atoms with E-state index in [0.717, 1.165) is 6.07 Å². The Morgan fingerprint density at radius 2 is 2.21 bits per heavy atom. The van der Waals surface area contributed by atoms with Gasteiger partial charge in [-0.1, -0.05) is 0 Å². The maximum absolute atomic E-state index is 12.9. The lowest BCUT2D eigenvalue weighted by Crippen LogP contribution is -2.18. The van der Waals surface area contributed by atoms with E-state index >= 15 is 0 Å². The molecule has 0 aliphatic carbocycles. The maximum Gasteiger partial charge on any atom is 0.220 e. The first-order valence-corrected chi connectivity index (χ1v) is 4.44. The summed E-state index contributed by atoms with van der Waals surface area (Å²) in [4.78, 5) is 10.9. The van der Waals surface area contributed by atoms with Gasteiger partial charge in [0.25, 0.3) is 0 Å². The van der Waals surface area contributed by atoms with Crippen molar-refractivity contribution in [1.82, 2.24) is 5.32 Å². The molecule has 14 heavy (non-hydrogen) atoms. The number of hydrogen-bond acceptors (Lipinski definition) is 2. The molecule has 0 bridgehead atoms. The van der Waals surface area contributed by atoms with Crippen LogP contribution in [0.1, 0.15) is 24.4 Å².